The van der Waals surface area contributed by atoms with Gasteiger partial charge < -0.3 is 24.4 Å². The third-order valence-corrected chi connectivity index (χ3v) is 7.27. The number of ether oxygens (including phenoxy) is 3. The summed E-state index contributed by atoms with van der Waals surface area (Å²) in [6, 6.07) is 10.7. The Morgan fingerprint density at radius 1 is 0.970 bits per heavy atom. The van der Waals surface area contributed by atoms with Crippen molar-refractivity contribution >= 4 is 27.5 Å². The molecular formula is C27H32N2O4. The van der Waals surface area contributed by atoms with Crippen LogP contribution in [0.3, 0.4) is 0 Å². The van der Waals surface area contributed by atoms with Gasteiger partial charge in [-0.05, 0) is 76.3 Å². The molecule has 1 N–H and O–H groups in total. The Kier molecular flexibility index (Phi) is 5.79. The van der Waals surface area contributed by atoms with Crippen LogP contribution in [0, 0.1) is 0 Å². The zero-order valence-electron chi connectivity index (χ0n) is 19.9. The Morgan fingerprint density at radius 3 is 2.39 bits per heavy atom. The monoisotopic (exact) mass is 448 g/mol. The van der Waals surface area contributed by atoms with E-state index < -0.39 is 0 Å². The van der Waals surface area contributed by atoms with E-state index in [-0.39, 0.29) is 18.0 Å². The van der Waals surface area contributed by atoms with Gasteiger partial charge in [0, 0.05) is 13.0 Å². The molecule has 0 radical (unpaired) electrons. The number of unbranched alkanes of at least 4 members (excludes halogenated alkanes) is 1. The van der Waals surface area contributed by atoms with Gasteiger partial charge in [0.25, 0.3) is 0 Å². The van der Waals surface area contributed by atoms with E-state index >= 15 is 0 Å². The van der Waals surface area contributed by atoms with Gasteiger partial charge >= 0.3 is 0 Å². The Morgan fingerprint density at radius 2 is 1.70 bits per heavy atom. The first kappa shape index (κ1) is 21.8. The third-order valence-electron chi connectivity index (χ3n) is 7.27. The van der Waals surface area contributed by atoms with Gasteiger partial charge in [-0.25, -0.2) is 0 Å². The van der Waals surface area contributed by atoms with Crippen molar-refractivity contribution in [3.05, 3.63) is 41.5 Å². The van der Waals surface area contributed by atoms with Crippen LogP contribution in [0.1, 0.15) is 49.8 Å². The smallest absolute Gasteiger partial charge is 0.223 e. The Balaban J connectivity index is 1.84. The Bertz CT molecular complexity index is 1220. The van der Waals surface area contributed by atoms with Crippen molar-refractivity contribution in [2.24, 2.45) is 0 Å². The van der Waals surface area contributed by atoms with Crippen molar-refractivity contribution < 1.29 is 19.0 Å². The maximum Gasteiger partial charge on any atom is 0.223 e. The van der Waals surface area contributed by atoms with E-state index in [9.17, 15) is 4.79 Å². The first-order valence-electron chi connectivity index (χ1n) is 11.8. The number of hydrogen-bond donors (Lipinski definition) is 1. The van der Waals surface area contributed by atoms with Crippen LogP contribution in [-0.2, 0) is 11.3 Å². The van der Waals surface area contributed by atoms with Gasteiger partial charge in [-0.1, -0.05) is 19.4 Å². The summed E-state index contributed by atoms with van der Waals surface area (Å²) in [5.74, 6) is 2.45. The summed E-state index contributed by atoms with van der Waals surface area (Å²) < 4.78 is 16.9. The molecule has 3 aromatic rings. The number of rotatable bonds is 7. The van der Waals surface area contributed by atoms with E-state index in [1.165, 1.54) is 16.5 Å². The average molecular weight is 449 g/mol. The fraction of sp³-hybridized carbons (Fsp3) is 0.444. The maximum atomic E-state index is 12.8. The number of nitrogens with zero attached hydrogens (tertiary/aromatic N) is 1. The minimum Gasteiger partial charge on any atom is -0.497 e. The summed E-state index contributed by atoms with van der Waals surface area (Å²) in [5, 5.41) is 8.34. The summed E-state index contributed by atoms with van der Waals surface area (Å²) in [5.41, 5.74) is 2.50. The average Bonchev–Trinajstić information content (AvgIpc) is 3.22. The van der Waals surface area contributed by atoms with E-state index in [2.05, 4.69) is 35.3 Å². The lowest BCUT2D eigenvalue weighted by molar-refractivity contribution is -0.130. The molecule has 0 bridgehead atoms. The van der Waals surface area contributed by atoms with Crippen LogP contribution in [0.4, 0.5) is 0 Å². The van der Waals surface area contributed by atoms with E-state index in [1.54, 1.807) is 21.3 Å². The molecule has 2 aliphatic rings. The van der Waals surface area contributed by atoms with Crippen LogP contribution in [-0.4, -0.2) is 44.7 Å². The largest absolute Gasteiger partial charge is 0.497 e. The summed E-state index contributed by atoms with van der Waals surface area (Å²) >= 11 is 0. The van der Waals surface area contributed by atoms with E-state index in [0.717, 1.165) is 47.7 Å². The van der Waals surface area contributed by atoms with Gasteiger partial charge in [0.2, 0.25) is 5.91 Å². The van der Waals surface area contributed by atoms with Crippen molar-refractivity contribution in [2.75, 3.05) is 27.9 Å². The second-order valence-electron chi connectivity index (χ2n) is 8.97. The predicted octanol–water partition coefficient (Wildman–Crippen LogP) is 4.95. The minimum atomic E-state index is 0.0974. The van der Waals surface area contributed by atoms with E-state index in [0.29, 0.717) is 24.5 Å². The first-order valence-corrected chi connectivity index (χ1v) is 11.8. The second kappa shape index (κ2) is 8.75. The highest BCUT2D eigenvalue weighted by Crippen LogP contribution is 2.47. The zero-order chi connectivity index (χ0) is 23.1. The molecule has 2 aliphatic heterocycles. The molecule has 6 heteroatoms. The molecule has 5 rings (SSSR count). The number of carbonyl (C=O) groups excluding carboxylic acids is 1. The lowest BCUT2D eigenvalue weighted by Crippen LogP contribution is -2.46. The molecule has 1 amide bonds. The summed E-state index contributed by atoms with van der Waals surface area (Å²) in [7, 11) is 5.02. The number of fused-ring (bicyclic) bond motifs is 7. The molecule has 174 valence electrons. The normalized spacial score (nSPS) is 19.6. The van der Waals surface area contributed by atoms with E-state index in [1.807, 2.05) is 12.1 Å². The van der Waals surface area contributed by atoms with Crippen LogP contribution in [0.5, 0.6) is 17.2 Å². The lowest BCUT2D eigenvalue weighted by atomic mass is 9.82. The molecule has 2 heterocycles. The topological polar surface area (TPSA) is 60.0 Å². The van der Waals surface area contributed by atoms with Crippen molar-refractivity contribution in [3.8, 4) is 17.2 Å². The molecule has 0 saturated carbocycles. The number of benzene rings is 3. The van der Waals surface area contributed by atoms with Crippen molar-refractivity contribution in [1.82, 2.24) is 10.2 Å². The highest BCUT2D eigenvalue weighted by molar-refractivity contribution is 6.12. The number of carbonyl (C=O) groups is 1. The summed E-state index contributed by atoms with van der Waals surface area (Å²) in [6.07, 6.45) is 3.75. The fourth-order valence-corrected chi connectivity index (χ4v) is 5.64. The maximum absolute atomic E-state index is 12.8. The van der Waals surface area contributed by atoms with Gasteiger partial charge in [-0.3, -0.25) is 4.79 Å². The quantitative estimate of drug-likeness (QED) is 0.409. The molecule has 2 atom stereocenters. The molecule has 1 fully saturated rings. The summed E-state index contributed by atoms with van der Waals surface area (Å²) in [6.45, 7) is 3.76. The summed E-state index contributed by atoms with van der Waals surface area (Å²) in [4.78, 5) is 14.9. The first-order chi connectivity index (χ1) is 16.1. The van der Waals surface area contributed by atoms with Crippen molar-refractivity contribution in [3.63, 3.8) is 0 Å². The van der Waals surface area contributed by atoms with Crippen LogP contribution < -0.4 is 19.5 Å². The predicted molar refractivity (Wildman–Crippen MR) is 130 cm³/mol. The molecular weight excluding hydrogens is 416 g/mol. The molecule has 6 nitrogen and oxygen atoms in total. The number of hydrogen-bond acceptors (Lipinski definition) is 5. The van der Waals surface area contributed by atoms with Gasteiger partial charge in [-0.2, -0.15) is 0 Å². The molecule has 0 spiro atoms. The van der Waals surface area contributed by atoms with Gasteiger partial charge in [0.1, 0.15) is 5.75 Å². The molecule has 0 aliphatic carbocycles. The van der Waals surface area contributed by atoms with Gasteiger partial charge in [0.05, 0.1) is 33.4 Å². The Hall–Kier alpha value is -2.99. The van der Waals surface area contributed by atoms with Crippen molar-refractivity contribution in [1.29, 1.82) is 0 Å². The SMILES string of the molecule is CCCCN[C@@H]1c2c(c3cc(OC)c(OC)cc3c3cc(OC)ccc23)CN2C(=O)CC[C@H]12. The van der Waals surface area contributed by atoms with E-state index in [4.69, 9.17) is 14.2 Å². The standard InChI is InChI=1S/C27H32N2O4/c1-5-6-11-28-27-22-9-10-25(30)29(22)15-21-20-14-24(33-4)23(32-3)13-19(20)18-12-16(31-2)7-8-17(18)26(21)27/h7-8,12-14,22,27-28H,5-6,9-11,15H2,1-4H3/t22-,27+/m1/s1. The second-order valence-corrected chi connectivity index (χ2v) is 8.97. The highest BCUT2D eigenvalue weighted by Gasteiger charge is 2.43. The zero-order valence-corrected chi connectivity index (χ0v) is 19.9. The van der Waals surface area contributed by atoms with Gasteiger partial charge in [0.15, 0.2) is 11.5 Å². The third kappa shape index (κ3) is 3.48. The van der Waals surface area contributed by atoms with Crippen LogP contribution >= 0.6 is 0 Å². The molecule has 0 unspecified atom stereocenters. The lowest BCUT2D eigenvalue weighted by Gasteiger charge is -2.40. The molecule has 3 aromatic carbocycles. The van der Waals surface area contributed by atoms with Crippen LogP contribution in [0.2, 0.25) is 0 Å². The number of methoxy groups -OCH3 is 3. The molecule has 1 saturated heterocycles. The number of nitrogens with one attached hydrogen (secondary N) is 1. The number of amides is 1. The van der Waals surface area contributed by atoms with Crippen molar-refractivity contribution in [2.45, 2.75) is 51.2 Å². The molecule has 33 heavy (non-hydrogen) atoms. The minimum absolute atomic E-state index is 0.0974. The molecule has 0 aromatic heterocycles. The van der Waals surface area contributed by atoms with Gasteiger partial charge in [-0.15, -0.1) is 0 Å². The Labute approximate surface area is 194 Å². The van der Waals surface area contributed by atoms with Crippen LogP contribution in [0.25, 0.3) is 21.5 Å². The fourth-order valence-electron chi connectivity index (χ4n) is 5.64. The highest BCUT2D eigenvalue weighted by atomic mass is 16.5. The van der Waals surface area contributed by atoms with Crippen LogP contribution in [0.15, 0.2) is 30.3 Å².